The number of nitrogens with one attached hydrogen (secondary N) is 3. The second-order valence-electron chi connectivity index (χ2n) is 17.5. The van der Waals surface area contributed by atoms with Crippen LogP contribution in [0.15, 0.2) is 63.5 Å². The van der Waals surface area contributed by atoms with Gasteiger partial charge in [-0.2, -0.15) is 0 Å². The summed E-state index contributed by atoms with van der Waals surface area (Å²) >= 11 is 3.00. The number of hydrogen-bond donors (Lipinski definition) is 4. The monoisotopic (exact) mass is 1000 g/mol. The van der Waals surface area contributed by atoms with E-state index in [1.54, 1.807) is 48.9 Å². The molecule has 68 heavy (non-hydrogen) atoms. The highest BCUT2D eigenvalue weighted by atomic mass is 32.2. The lowest BCUT2D eigenvalue weighted by Gasteiger charge is -2.32. The summed E-state index contributed by atoms with van der Waals surface area (Å²) in [7, 11) is 5.43. The van der Waals surface area contributed by atoms with E-state index in [9.17, 15) is 18.6 Å². The average molecular weight is 1000 g/mol. The number of likely N-dealkylation sites (tertiary alicyclic amines) is 1. The fourth-order valence-electron chi connectivity index (χ4n) is 6.88. The van der Waals surface area contributed by atoms with Crippen LogP contribution in [0.1, 0.15) is 108 Å². The number of thiophene rings is 1. The number of methoxy groups -OCH3 is 2. The molecular formula is C50H79N7O8S3. The Morgan fingerprint density at radius 1 is 1.04 bits per heavy atom. The van der Waals surface area contributed by atoms with Gasteiger partial charge in [-0.3, -0.25) is 9.59 Å². The first-order valence-electron chi connectivity index (χ1n) is 23.6. The third kappa shape index (κ3) is 19.8. The molecule has 5 atom stereocenters. The van der Waals surface area contributed by atoms with Gasteiger partial charge in [0.15, 0.2) is 5.13 Å². The van der Waals surface area contributed by atoms with Gasteiger partial charge in [0, 0.05) is 66.5 Å². The minimum atomic E-state index is -1.30. The van der Waals surface area contributed by atoms with Crippen molar-refractivity contribution in [2.45, 2.75) is 136 Å². The number of hydrogen-bond acceptors (Lipinski definition) is 13. The molecule has 0 bridgehead atoms. The molecule has 15 nitrogen and oxygen atoms in total. The summed E-state index contributed by atoms with van der Waals surface area (Å²) in [6.07, 6.45) is 9.67. The SMILES string of the molecule is CC.CCCCC/C=C\C(C)C(NC)C(=O)O.COc1ccc2c(OC)cc(-c3csc(NC(C)C)n3)nc2c1.C[C@@H]1CCCN1C(=O)CNC(=O)O[C@H](CN(C)S(=O)c1cccs1)C(C)(C)C. The predicted molar refractivity (Wildman–Crippen MR) is 280 cm³/mol. The normalized spacial score (nSPS) is 15.2. The summed E-state index contributed by atoms with van der Waals surface area (Å²) in [5, 5.41) is 23.3. The van der Waals surface area contributed by atoms with Crippen LogP contribution in [-0.2, 0) is 25.3 Å². The maximum absolute atomic E-state index is 12.6. The molecule has 3 unspecified atom stereocenters. The number of aliphatic carboxylic acids is 1. The fraction of sp³-hybridized carbons (Fsp3) is 0.580. The minimum absolute atomic E-state index is 0.0362. The van der Waals surface area contributed by atoms with E-state index in [2.05, 4.69) is 47.8 Å². The lowest BCUT2D eigenvalue weighted by molar-refractivity contribution is -0.140. The summed E-state index contributed by atoms with van der Waals surface area (Å²) in [6.45, 7) is 21.2. The van der Waals surface area contributed by atoms with E-state index in [-0.39, 0.29) is 29.8 Å². The standard InChI is InChI=1S/C19H31N3O4S2.C17H19N3O2S.C12H23NO2.C2H6/c1-14-8-6-10-22(14)16(23)12-20-18(24)26-15(19(2,3)4)13-21(5)28(25)17-9-7-11-27-17;1-10(2)18-17-20-15(9-23-17)14-8-16(22-4)12-6-5-11(21-3)7-13(12)19-14;1-4-5-6-7-8-9-10(2)11(13-3)12(14)15;1-2/h7,9,11,14-15H,6,8,10,12-13H2,1-5H3,(H,20,24);5-10H,1-4H3,(H,18,20);8-11,13H,4-7H2,1-3H3,(H,14,15);1-2H3/b;;9-8-;/t14-,15-,28?;;;/m1.../s1. The Bertz CT molecular complexity index is 2160. The van der Waals surface area contributed by atoms with Gasteiger partial charge in [-0.1, -0.05) is 79.5 Å². The topological polar surface area (TPSA) is 185 Å². The van der Waals surface area contributed by atoms with E-state index in [1.165, 1.54) is 30.6 Å². The summed E-state index contributed by atoms with van der Waals surface area (Å²) in [4.78, 5) is 46.5. The van der Waals surface area contributed by atoms with Crippen LogP contribution >= 0.6 is 22.7 Å². The molecule has 1 fully saturated rings. The number of ether oxygens (including phenoxy) is 3. The fourth-order valence-corrected chi connectivity index (χ4v) is 9.83. The number of benzene rings is 1. The Kier molecular flexibility index (Phi) is 26.9. The van der Waals surface area contributed by atoms with Crippen molar-refractivity contribution < 1.29 is 37.9 Å². The highest BCUT2D eigenvalue weighted by Crippen LogP contribution is 2.33. The number of pyridine rings is 1. The van der Waals surface area contributed by atoms with Crippen molar-refractivity contribution >= 4 is 67.7 Å². The highest BCUT2D eigenvalue weighted by Gasteiger charge is 2.32. The predicted octanol–water partition coefficient (Wildman–Crippen LogP) is 10.5. The van der Waals surface area contributed by atoms with Crippen LogP contribution in [0.2, 0.25) is 0 Å². The van der Waals surface area contributed by atoms with Crippen molar-refractivity contribution in [3.05, 3.63) is 59.3 Å². The van der Waals surface area contributed by atoms with Gasteiger partial charge in [-0.25, -0.2) is 23.3 Å². The van der Waals surface area contributed by atoms with Crippen LogP contribution < -0.4 is 25.4 Å². The Morgan fingerprint density at radius 3 is 2.32 bits per heavy atom. The minimum Gasteiger partial charge on any atom is -0.497 e. The van der Waals surface area contributed by atoms with Gasteiger partial charge >= 0.3 is 12.1 Å². The zero-order valence-corrected chi connectivity index (χ0v) is 45.3. The smallest absolute Gasteiger partial charge is 0.407 e. The van der Waals surface area contributed by atoms with Crippen LogP contribution in [0, 0.1) is 11.3 Å². The summed E-state index contributed by atoms with van der Waals surface area (Å²) in [6, 6.07) is 11.4. The first-order chi connectivity index (χ1) is 32.3. The van der Waals surface area contributed by atoms with Gasteiger partial charge in [0.25, 0.3) is 0 Å². The molecule has 0 radical (unpaired) electrons. The van der Waals surface area contributed by atoms with E-state index in [0.29, 0.717) is 12.6 Å². The molecule has 4 heterocycles. The van der Waals surface area contributed by atoms with Gasteiger partial charge in [-0.05, 0) is 77.1 Å². The number of rotatable bonds is 20. The van der Waals surface area contributed by atoms with Crippen molar-refractivity contribution in [1.29, 1.82) is 0 Å². The number of carboxylic acids is 1. The molecule has 2 amide bonds. The first-order valence-corrected chi connectivity index (χ1v) is 26.4. The third-order valence-electron chi connectivity index (χ3n) is 10.7. The molecular weight excluding hydrogens is 923 g/mol. The Morgan fingerprint density at radius 2 is 1.76 bits per heavy atom. The number of amides is 2. The van der Waals surface area contributed by atoms with E-state index in [4.69, 9.17) is 24.3 Å². The molecule has 3 aromatic heterocycles. The average Bonchev–Trinajstić information content (AvgIpc) is 4.11. The number of nitrogens with zero attached hydrogens (tertiary/aromatic N) is 4. The third-order valence-corrected chi connectivity index (χ3v) is 14.1. The van der Waals surface area contributed by atoms with Gasteiger partial charge in [0.05, 0.1) is 25.4 Å². The van der Waals surface area contributed by atoms with Crippen molar-refractivity contribution in [3.8, 4) is 22.9 Å². The number of aromatic nitrogens is 2. The summed E-state index contributed by atoms with van der Waals surface area (Å²) < 4.78 is 31.4. The molecule has 380 valence electrons. The highest BCUT2D eigenvalue weighted by molar-refractivity contribution is 7.85. The van der Waals surface area contributed by atoms with E-state index < -0.39 is 35.2 Å². The number of anilines is 1. The molecule has 18 heteroatoms. The quantitative estimate of drug-likeness (QED) is 0.0486. The lowest BCUT2D eigenvalue weighted by atomic mass is 9.89. The van der Waals surface area contributed by atoms with E-state index in [1.807, 2.05) is 102 Å². The molecule has 1 aromatic carbocycles. The lowest BCUT2D eigenvalue weighted by Crippen LogP contribution is -2.46. The largest absolute Gasteiger partial charge is 0.497 e. The van der Waals surface area contributed by atoms with Crippen molar-refractivity contribution in [1.82, 2.24) is 29.8 Å². The van der Waals surface area contributed by atoms with Crippen LogP contribution in [0.3, 0.4) is 0 Å². The second kappa shape index (κ2) is 30.8. The molecule has 0 aliphatic carbocycles. The number of carboxylic acid groups (broad SMARTS) is 1. The van der Waals surface area contributed by atoms with Crippen LogP contribution in [-0.4, -0.2) is 119 Å². The molecule has 0 saturated carbocycles. The number of carbonyl (C=O) groups is 3. The molecule has 1 aliphatic rings. The van der Waals surface area contributed by atoms with Crippen LogP contribution in [0.4, 0.5) is 9.93 Å². The number of allylic oxidation sites excluding steroid dienone is 1. The second-order valence-corrected chi connectivity index (χ2v) is 21.1. The van der Waals surface area contributed by atoms with Gasteiger partial charge in [0.1, 0.15) is 51.1 Å². The van der Waals surface area contributed by atoms with Crippen molar-refractivity contribution in [2.75, 3.05) is 53.3 Å². The van der Waals surface area contributed by atoms with Gasteiger partial charge in [0.2, 0.25) is 5.91 Å². The zero-order chi connectivity index (χ0) is 51.0. The molecule has 5 rings (SSSR count). The molecule has 4 N–H and O–H groups in total. The Hall–Kier alpha value is -4.62. The molecule has 1 aliphatic heterocycles. The number of carbonyl (C=O) groups excluding carboxylic acids is 2. The molecule has 1 saturated heterocycles. The van der Waals surface area contributed by atoms with Crippen molar-refractivity contribution in [2.24, 2.45) is 11.3 Å². The number of unbranched alkanes of at least 4 members (excludes halogenated alkanes) is 3. The number of fused-ring (bicyclic) bond motifs is 1. The molecule has 4 aromatic rings. The zero-order valence-electron chi connectivity index (χ0n) is 42.8. The van der Waals surface area contributed by atoms with E-state index in [0.717, 1.165) is 68.9 Å². The first kappa shape index (κ1) is 59.5. The Balaban J connectivity index is 0.000000359. The summed E-state index contributed by atoms with van der Waals surface area (Å²) in [5.74, 6) is 0.700. The number of likely N-dealkylation sites (N-methyl/N-ethyl adjacent to an activating group) is 2. The van der Waals surface area contributed by atoms with Gasteiger partial charge in [-0.15, -0.1) is 22.7 Å². The maximum atomic E-state index is 12.6. The van der Waals surface area contributed by atoms with E-state index >= 15 is 0 Å². The van der Waals surface area contributed by atoms with Crippen LogP contribution in [0.5, 0.6) is 11.5 Å². The van der Waals surface area contributed by atoms with Gasteiger partial charge < -0.3 is 40.2 Å². The summed E-state index contributed by atoms with van der Waals surface area (Å²) in [5.41, 5.74) is 2.10. The molecule has 0 spiro atoms. The maximum Gasteiger partial charge on any atom is 0.407 e. The number of alkyl carbamates (subject to hydrolysis) is 1. The Labute approximate surface area is 416 Å². The number of thiazole rings is 1. The van der Waals surface area contributed by atoms with Crippen LogP contribution in [0.25, 0.3) is 22.3 Å². The van der Waals surface area contributed by atoms with Crippen molar-refractivity contribution in [3.63, 3.8) is 0 Å².